The summed E-state index contributed by atoms with van der Waals surface area (Å²) in [5.41, 5.74) is 0. The summed E-state index contributed by atoms with van der Waals surface area (Å²) < 4.78 is 30.3. The molecule has 0 unspecified atom stereocenters. The maximum Gasteiger partial charge on any atom is 0.273 e. The SMILES string of the molecule is CNS(=O)(=O)c1ccc(CNCCNC(=O)C2CC2)o1. The van der Waals surface area contributed by atoms with Gasteiger partial charge in [0.15, 0.2) is 0 Å². The van der Waals surface area contributed by atoms with Crippen molar-refractivity contribution in [2.75, 3.05) is 20.1 Å². The molecule has 2 rings (SSSR count). The van der Waals surface area contributed by atoms with E-state index in [1.165, 1.54) is 13.1 Å². The Bertz CT molecular complexity index is 563. The Morgan fingerprint density at radius 3 is 2.75 bits per heavy atom. The second-order valence-corrected chi connectivity index (χ2v) is 6.49. The van der Waals surface area contributed by atoms with Crippen molar-refractivity contribution in [3.05, 3.63) is 17.9 Å². The van der Waals surface area contributed by atoms with Crippen molar-refractivity contribution >= 4 is 15.9 Å². The minimum atomic E-state index is -3.53. The summed E-state index contributed by atoms with van der Waals surface area (Å²) in [6.45, 7) is 1.57. The number of hydrogen-bond acceptors (Lipinski definition) is 5. The molecule has 0 spiro atoms. The molecule has 3 N–H and O–H groups in total. The molecule has 0 bridgehead atoms. The largest absolute Gasteiger partial charge is 0.447 e. The van der Waals surface area contributed by atoms with Crippen LogP contribution in [0.3, 0.4) is 0 Å². The van der Waals surface area contributed by atoms with E-state index >= 15 is 0 Å². The van der Waals surface area contributed by atoms with E-state index < -0.39 is 10.0 Å². The van der Waals surface area contributed by atoms with Gasteiger partial charge in [0, 0.05) is 19.0 Å². The fourth-order valence-corrected chi connectivity index (χ4v) is 2.34. The van der Waals surface area contributed by atoms with Crippen molar-refractivity contribution in [1.29, 1.82) is 0 Å². The zero-order chi connectivity index (χ0) is 14.6. The number of carbonyl (C=O) groups is 1. The highest BCUT2D eigenvalue weighted by Gasteiger charge is 2.28. The zero-order valence-electron chi connectivity index (χ0n) is 11.3. The van der Waals surface area contributed by atoms with Gasteiger partial charge in [-0.1, -0.05) is 0 Å². The number of carbonyl (C=O) groups excluding carboxylic acids is 1. The molecule has 20 heavy (non-hydrogen) atoms. The Balaban J connectivity index is 1.68. The van der Waals surface area contributed by atoms with Crippen LogP contribution in [0.5, 0.6) is 0 Å². The van der Waals surface area contributed by atoms with Gasteiger partial charge >= 0.3 is 0 Å². The minimum absolute atomic E-state index is 0.0983. The molecule has 1 aliphatic rings. The van der Waals surface area contributed by atoms with E-state index in [0.717, 1.165) is 12.8 Å². The monoisotopic (exact) mass is 301 g/mol. The fourth-order valence-electron chi connectivity index (χ4n) is 1.67. The third-order valence-electron chi connectivity index (χ3n) is 3.02. The molecule has 0 aromatic carbocycles. The van der Waals surface area contributed by atoms with E-state index in [1.807, 2.05) is 0 Å². The first-order valence-corrected chi connectivity index (χ1v) is 8.02. The number of nitrogens with one attached hydrogen (secondary N) is 3. The van der Waals surface area contributed by atoms with Gasteiger partial charge in [-0.05, 0) is 32.0 Å². The maximum absolute atomic E-state index is 11.5. The van der Waals surface area contributed by atoms with E-state index in [-0.39, 0.29) is 16.9 Å². The molecule has 8 heteroatoms. The van der Waals surface area contributed by atoms with Gasteiger partial charge in [-0.15, -0.1) is 0 Å². The lowest BCUT2D eigenvalue weighted by Crippen LogP contribution is -2.32. The van der Waals surface area contributed by atoms with Crippen molar-refractivity contribution in [2.45, 2.75) is 24.5 Å². The molecule has 1 heterocycles. The zero-order valence-corrected chi connectivity index (χ0v) is 12.1. The molecule has 0 atom stereocenters. The number of amides is 1. The van der Waals surface area contributed by atoms with Crippen LogP contribution >= 0.6 is 0 Å². The Hall–Kier alpha value is -1.38. The first-order valence-electron chi connectivity index (χ1n) is 6.53. The molecular weight excluding hydrogens is 282 g/mol. The highest BCUT2D eigenvalue weighted by Crippen LogP contribution is 2.28. The third-order valence-corrected chi connectivity index (χ3v) is 4.31. The van der Waals surface area contributed by atoms with Gasteiger partial charge in [0.25, 0.3) is 10.0 Å². The summed E-state index contributed by atoms with van der Waals surface area (Å²) in [6, 6.07) is 3.03. The van der Waals surface area contributed by atoms with Crippen LogP contribution in [0.1, 0.15) is 18.6 Å². The van der Waals surface area contributed by atoms with E-state index in [2.05, 4.69) is 15.4 Å². The van der Waals surface area contributed by atoms with Crippen molar-refractivity contribution in [3.63, 3.8) is 0 Å². The predicted molar refractivity (Wildman–Crippen MR) is 72.4 cm³/mol. The number of hydrogen-bond donors (Lipinski definition) is 3. The molecule has 0 radical (unpaired) electrons. The summed E-state index contributed by atoms with van der Waals surface area (Å²) in [5, 5.41) is 5.81. The standard InChI is InChI=1S/C12H19N3O4S/c1-13-20(17,18)11-5-4-10(19-11)8-14-6-7-15-12(16)9-2-3-9/h4-5,9,13-14H,2-3,6-8H2,1H3,(H,15,16). The normalized spacial score (nSPS) is 15.2. The second kappa shape index (κ2) is 6.38. The number of rotatable bonds is 8. The molecule has 1 aromatic heterocycles. The van der Waals surface area contributed by atoms with Crippen LogP contribution in [0.25, 0.3) is 0 Å². The molecule has 1 aliphatic carbocycles. The molecule has 1 aromatic rings. The van der Waals surface area contributed by atoms with Crippen LogP contribution in [0.15, 0.2) is 21.6 Å². The lowest BCUT2D eigenvalue weighted by Gasteiger charge is -2.05. The lowest BCUT2D eigenvalue weighted by atomic mass is 10.4. The van der Waals surface area contributed by atoms with Crippen LogP contribution in [-0.2, 0) is 21.4 Å². The molecule has 0 saturated heterocycles. The van der Waals surface area contributed by atoms with E-state index in [9.17, 15) is 13.2 Å². The van der Waals surface area contributed by atoms with Gasteiger partial charge in [0.2, 0.25) is 11.0 Å². The third kappa shape index (κ3) is 4.06. The number of furan rings is 1. The molecule has 1 fully saturated rings. The van der Waals surface area contributed by atoms with Crippen LogP contribution in [0.4, 0.5) is 0 Å². The van der Waals surface area contributed by atoms with Gasteiger partial charge in [-0.3, -0.25) is 4.79 Å². The highest BCUT2D eigenvalue weighted by molar-refractivity contribution is 7.89. The quantitative estimate of drug-likeness (QED) is 0.578. The minimum Gasteiger partial charge on any atom is -0.447 e. The van der Waals surface area contributed by atoms with Crippen LogP contribution in [0.2, 0.25) is 0 Å². The summed E-state index contributed by atoms with van der Waals surface area (Å²) in [7, 11) is -2.20. The topological polar surface area (TPSA) is 100 Å². The molecule has 0 aliphatic heterocycles. The Morgan fingerprint density at radius 1 is 1.35 bits per heavy atom. The smallest absolute Gasteiger partial charge is 0.273 e. The summed E-state index contributed by atoms with van der Waals surface area (Å²) in [4.78, 5) is 11.4. The fraction of sp³-hybridized carbons (Fsp3) is 0.583. The van der Waals surface area contributed by atoms with Crippen LogP contribution in [-0.4, -0.2) is 34.5 Å². The van der Waals surface area contributed by atoms with Crippen molar-refractivity contribution < 1.29 is 17.6 Å². The summed E-state index contributed by atoms with van der Waals surface area (Å²) in [6.07, 6.45) is 1.99. The van der Waals surface area contributed by atoms with Crippen molar-refractivity contribution in [2.24, 2.45) is 5.92 Å². The number of sulfonamides is 1. The average Bonchev–Trinajstić information content (AvgIpc) is 3.17. The Morgan fingerprint density at radius 2 is 2.10 bits per heavy atom. The van der Waals surface area contributed by atoms with E-state index in [4.69, 9.17) is 4.42 Å². The maximum atomic E-state index is 11.5. The van der Waals surface area contributed by atoms with Crippen molar-refractivity contribution in [1.82, 2.24) is 15.4 Å². The van der Waals surface area contributed by atoms with Crippen LogP contribution < -0.4 is 15.4 Å². The van der Waals surface area contributed by atoms with Gasteiger partial charge in [0.05, 0.1) is 6.54 Å². The van der Waals surface area contributed by atoms with Crippen molar-refractivity contribution in [3.8, 4) is 0 Å². The average molecular weight is 301 g/mol. The molecular formula is C12H19N3O4S. The van der Waals surface area contributed by atoms with E-state index in [0.29, 0.717) is 25.4 Å². The molecule has 7 nitrogen and oxygen atoms in total. The molecule has 112 valence electrons. The van der Waals surface area contributed by atoms with Gasteiger partial charge in [0.1, 0.15) is 5.76 Å². The first-order chi connectivity index (χ1) is 9.53. The van der Waals surface area contributed by atoms with Gasteiger partial charge in [-0.2, -0.15) is 0 Å². The van der Waals surface area contributed by atoms with Gasteiger partial charge in [-0.25, -0.2) is 13.1 Å². The Kier molecular flexibility index (Phi) is 4.79. The first kappa shape index (κ1) is 15.0. The summed E-state index contributed by atoms with van der Waals surface area (Å²) >= 11 is 0. The van der Waals surface area contributed by atoms with Crippen LogP contribution in [0, 0.1) is 5.92 Å². The van der Waals surface area contributed by atoms with E-state index in [1.54, 1.807) is 6.07 Å². The Labute approximate surface area is 118 Å². The molecule has 1 amide bonds. The highest BCUT2D eigenvalue weighted by atomic mass is 32.2. The second-order valence-electron chi connectivity index (χ2n) is 4.67. The molecule has 1 saturated carbocycles. The lowest BCUT2D eigenvalue weighted by molar-refractivity contribution is -0.122. The predicted octanol–water partition coefficient (Wildman–Crippen LogP) is -0.196. The van der Waals surface area contributed by atoms with Gasteiger partial charge < -0.3 is 15.1 Å². The summed E-state index contributed by atoms with van der Waals surface area (Å²) in [5.74, 6) is 0.869.